The summed E-state index contributed by atoms with van der Waals surface area (Å²) < 4.78 is 2.93. The molecule has 0 radical (unpaired) electrons. The van der Waals surface area contributed by atoms with Crippen molar-refractivity contribution in [1.82, 2.24) is 4.57 Å². The van der Waals surface area contributed by atoms with Crippen molar-refractivity contribution in [2.75, 3.05) is 5.73 Å². The predicted molar refractivity (Wildman–Crippen MR) is 80.4 cm³/mol. The molecule has 90 valence electrons. The number of fused-ring (bicyclic) bond motifs is 1. The summed E-state index contributed by atoms with van der Waals surface area (Å²) in [7, 11) is 0. The zero-order valence-corrected chi connectivity index (χ0v) is 11.7. The van der Waals surface area contributed by atoms with E-state index in [0.29, 0.717) is 5.02 Å². The number of hydrogen-bond donors (Lipinski definition) is 1. The maximum atomic E-state index is 6.15. The van der Waals surface area contributed by atoms with Gasteiger partial charge in [-0.05, 0) is 40.2 Å². The molecule has 3 rings (SSSR count). The Hall–Kier alpha value is -1.45. The molecule has 0 aliphatic heterocycles. The highest BCUT2D eigenvalue weighted by molar-refractivity contribution is 9.10. The third kappa shape index (κ3) is 1.71. The molecule has 0 atom stereocenters. The van der Waals surface area contributed by atoms with E-state index in [2.05, 4.69) is 15.9 Å². The smallest absolute Gasteiger partial charge is 0.0686 e. The van der Waals surface area contributed by atoms with Gasteiger partial charge in [-0.3, -0.25) is 0 Å². The van der Waals surface area contributed by atoms with Gasteiger partial charge in [0.1, 0.15) is 0 Å². The molecule has 4 heteroatoms. The molecule has 0 amide bonds. The largest absolute Gasteiger partial charge is 0.397 e. The first kappa shape index (κ1) is 11.6. The van der Waals surface area contributed by atoms with E-state index >= 15 is 0 Å². The lowest BCUT2D eigenvalue weighted by Gasteiger charge is -2.10. The second-order valence-electron chi connectivity index (χ2n) is 4.04. The molecule has 2 nitrogen and oxygen atoms in total. The first-order valence-corrected chi connectivity index (χ1v) is 6.65. The second-order valence-corrected chi connectivity index (χ2v) is 5.24. The number of hydrogen-bond acceptors (Lipinski definition) is 1. The minimum absolute atomic E-state index is 0.692. The molecular formula is C14H10BrClN2. The van der Waals surface area contributed by atoms with Crippen LogP contribution in [-0.4, -0.2) is 4.57 Å². The van der Waals surface area contributed by atoms with E-state index in [1.165, 1.54) is 0 Å². The first-order chi connectivity index (χ1) is 8.68. The van der Waals surface area contributed by atoms with Gasteiger partial charge in [0, 0.05) is 11.6 Å². The van der Waals surface area contributed by atoms with E-state index in [-0.39, 0.29) is 0 Å². The zero-order chi connectivity index (χ0) is 12.7. The molecule has 2 N–H and O–H groups in total. The predicted octanol–water partition coefficient (Wildman–Crippen LogP) is 4.63. The van der Waals surface area contributed by atoms with Crippen LogP contribution in [0.2, 0.25) is 5.02 Å². The van der Waals surface area contributed by atoms with Crippen LogP contribution in [0, 0.1) is 0 Å². The van der Waals surface area contributed by atoms with Gasteiger partial charge in [0.15, 0.2) is 0 Å². The highest BCUT2D eigenvalue weighted by atomic mass is 79.9. The third-order valence-corrected chi connectivity index (χ3v) is 4.29. The summed E-state index contributed by atoms with van der Waals surface area (Å²) in [6.45, 7) is 0. The van der Waals surface area contributed by atoms with E-state index in [1.807, 2.05) is 53.2 Å². The van der Waals surface area contributed by atoms with Gasteiger partial charge < -0.3 is 10.3 Å². The van der Waals surface area contributed by atoms with Gasteiger partial charge in [-0.2, -0.15) is 0 Å². The van der Waals surface area contributed by atoms with Gasteiger partial charge in [-0.25, -0.2) is 0 Å². The summed E-state index contributed by atoms with van der Waals surface area (Å²) in [5.74, 6) is 0. The lowest BCUT2D eigenvalue weighted by Crippen LogP contribution is -1.98. The summed E-state index contributed by atoms with van der Waals surface area (Å²) in [6.07, 6.45) is 2.00. The van der Waals surface area contributed by atoms with Crippen LogP contribution in [0.25, 0.3) is 16.6 Å². The summed E-state index contributed by atoms with van der Waals surface area (Å²) in [5.41, 5.74) is 8.74. The quantitative estimate of drug-likeness (QED) is 0.651. The van der Waals surface area contributed by atoms with Crippen LogP contribution >= 0.6 is 27.5 Å². The standard InChI is InChI=1S/C14H10BrClN2/c15-13-10(16)6-5-9-7-8-18(14(9)13)12-4-2-1-3-11(12)17/h1-8H,17H2. The van der Waals surface area contributed by atoms with Gasteiger partial charge in [-0.1, -0.05) is 29.8 Å². The van der Waals surface area contributed by atoms with Crippen molar-refractivity contribution in [3.05, 3.63) is 58.2 Å². The van der Waals surface area contributed by atoms with Crippen LogP contribution in [0.15, 0.2) is 53.1 Å². The van der Waals surface area contributed by atoms with Crippen molar-refractivity contribution in [3.63, 3.8) is 0 Å². The Bertz CT molecular complexity index is 734. The molecule has 2 aromatic carbocycles. The average Bonchev–Trinajstić information content (AvgIpc) is 2.79. The molecule has 1 aromatic heterocycles. The number of nitrogens with two attached hydrogens (primary N) is 1. The Morgan fingerprint density at radius 1 is 1.06 bits per heavy atom. The van der Waals surface area contributed by atoms with E-state index < -0.39 is 0 Å². The van der Waals surface area contributed by atoms with E-state index in [1.54, 1.807) is 0 Å². The number of rotatable bonds is 1. The molecule has 0 unspecified atom stereocenters. The maximum Gasteiger partial charge on any atom is 0.0686 e. The molecule has 3 aromatic rings. The lowest BCUT2D eigenvalue weighted by molar-refractivity contribution is 1.13. The minimum atomic E-state index is 0.692. The van der Waals surface area contributed by atoms with Crippen LogP contribution in [0.5, 0.6) is 0 Å². The van der Waals surface area contributed by atoms with Crippen LogP contribution in [0.3, 0.4) is 0 Å². The normalized spacial score (nSPS) is 11.0. The molecule has 0 spiro atoms. The van der Waals surface area contributed by atoms with Crippen molar-refractivity contribution in [1.29, 1.82) is 0 Å². The fraction of sp³-hybridized carbons (Fsp3) is 0. The topological polar surface area (TPSA) is 30.9 Å². The average molecular weight is 322 g/mol. The summed E-state index contributed by atoms with van der Waals surface area (Å²) in [5, 5.41) is 1.81. The Morgan fingerprint density at radius 2 is 1.83 bits per heavy atom. The molecule has 0 aliphatic rings. The number of benzene rings is 2. The van der Waals surface area contributed by atoms with Crippen molar-refractivity contribution in [2.24, 2.45) is 0 Å². The SMILES string of the molecule is Nc1ccccc1-n1ccc2ccc(Cl)c(Br)c21. The molecule has 18 heavy (non-hydrogen) atoms. The second kappa shape index (κ2) is 4.34. The molecule has 0 saturated heterocycles. The van der Waals surface area contributed by atoms with Gasteiger partial charge in [0.05, 0.1) is 26.4 Å². The number of aromatic nitrogens is 1. The van der Waals surface area contributed by atoms with Gasteiger partial charge >= 0.3 is 0 Å². The highest BCUT2D eigenvalue weighted by Crippen LogP contribution is 2.34. The number of nitrogens with zero attached hydrogens (tertiary/aromatic N) is 1. The van der Waals surface area contributed by atoms with Gasteiger partial charge in [0.2, 0.25) is 0 Å². The van der Waals surface area contributed by atoms with E-state index in [4.69, 9.17) is 17.3 Å². The van der Waals surface area contributed by atoms with E-state index in [9.17, 15) is 0 Å². The summed E-state index contributed by atoms with van der Waals surface area (Å²) >= 11 is 9.69. The number of halogens is 2. The van der Waals surface area contributed by atoms with Crippen LogP contribution in [0.4, 0.5) is 5.69 Å². The molecule has 0 fully saturated rings. The molecule has 0 bridgehead atoms. The van der Waals surface area contributed by atoms with Gasteiger partial charge in [0.25, 0.3) is 0 Å². The Balaban J connectivity index is 2.37. The maximum absolute atomic E-state index is 6.15. The minimum Gasteiger partial charge on any atom is -0.397 e. The van der Waals surface area contributed by atoms with E-state index in [0.717, 1.165) is 26.8 Å². The zero-order valence-electron chi connectivity index (χ0n) is 9.40. The Kier molecular flexibility index (Phi) is 2.80. The Morgan fingerprint density at radius 3 is 2.61 bits per heavy atom. The Labute approximate surface area is 118 Å². The van der Waals surface area contributed by atoms with Crippen LogP contribution in [-0.2, 0) is 0 Å². The molecule has 0 aliphatic carbocycles. The lowest BCUT2D eigenvalue weighted by atomic mass is 10.2. The third-order valence-electron chi connectivity index (χ3n) is 2.94. The number of anilines is 1. The summed E-state index contributed by atoms with van der Waals surface area (Å²) in [6, 6.07) is 13.7. The molecular weight excluding hydrogens is 312 g/mol. The van der Waals surface area contributed by atoms with Crippen LogP contribution < -0.4 is 5.73 Å². The van der Waals surface area contributed by atoms with Gasteiger partial charge in [-0.15, -0.1) is 0 Å². The molecule has 1 heterocycles. The number of para-hydroxylation sites is 2. The van der Waals surface area contributed by atoms with Crippen LogP contribution in [0.1, 0.15) is 0 Å². The van der Waals surface area contributed by atoms with Crippen molar-refractivity contribution in [2.45, 2.75) is 0 Å². The highest BCUT2D eigenvalue weighted by Gasteiger charge is 2.10. The number of nitrogen functional groups attached to an aromatic ring is 1. The first-order valence-electron chi connectivity index (χ1n) is 5.48. The van der Waals surface area contributed by atoms with Crippen molar-refractivity contribution >= 4 is 44.1 Å². The fourth-order valence-electron chi connectivity index (χ4n) is 2.07. The van der Waals surface area contributed by atoms with Crippen molar-refractivity contribution in [3.8, 4) is 5.69 Å². The monoisotopic (exact) mass is 320 g/mol. The fourth-order valence-corrected chi connectivity index (χ4v) is 2.78. The summed E-state index contributed by atoms with van der Waals surface area (Å²) in [4.78, 5) is 0. The molecule has 0 saturated carbocycles. The van der Waals surface area contributed by atoms with Crippen molar-refractivity contribution < 1.29 is 0 Å².